The average molecular weight is 316 g/mol. The number of hydrogen-bond donors (Lipinski definition) is 1. The van der Waals surface area contributed by atoms with Crippen LogP contribution in [0.25, 0.3) is 0 Å². The molecule has 2 amide bonds. The number of amides is 2. The molecule has 1 fully saturated rings. The Labute approximate surface area is 134 Å². The van der Waals surface area contributed by atoms with Crippen molar-refractivity contribution in [2.45, 2.75) is 25.8 Å². The van der Waals surface area contributed by atoms with Crippen LogP contribution < -0.4 is 10.1 Å². The lowest BCUT2D eigenvalue weighted by atomic mass is 9.91. The summed E-state index contributed by atoms with van der Waals surface area (Å²) in [6, 6.07) is 3.49. The number of carbonyl (C=O) groups excluding carboxylic acids is 1. The van der Waals surface area contributed by atoms with E-state index in [1.807, 2.05) is 12.1 Å². The molecular weight excluding hydrogens is 296 g/mol. The minimum Gasteiger partial charge on any atom is -0.479 e. The lowest BCUT2D eigenvalue weighted by molar-refractivity contribution is 0.129. The van der Waals surface area contributed by atoms with E-state index in [4.69, 9.17) is 9.15 Å². The standard InChI is InChI=1S/C16H20N4O3/c1-11-5-6-20(13(8-11)14-4-3-7-23-14)16(21)19-12-9-17-10-18-15(12)22-2/h3-4,7,9-11,13H,5-6,8H2,1-2H3,(H,19,21)/t11-,13+/m1/s1. The number of likely N-dealkylation sites (tertiary alicyclic amines) is 1. The molecule has 7 heteroatoms. The van der Waals surface area contributed by atoms with Gasteiger partial charge in [0, 0.05) is 6.54 Å². The highest BCUT2D eigenvalue weighted by molar-refractivity contribution is 5.90. The predicted molar refractivity (Wildman–Crippen MR) is 84.2 cm³/mol. The molecule has 122 valence electrons. The zero-order valence-electron chi connectivity index (χ0n) is 13.2. The number of ether oxygens (including phenoxy) is 1. The fraction of sp³-hybridized carbons (Fsp3) is 0.438. The third-order valence-electron chi connectivity index (χ3n) is 4.11. The maximum atomic E-state index is 12.7. The van der Waals surface area contributed by atoms with Gasteiger partial charge in [-0.3, -0.25) is 0 Å². The third-order valence-corrected chi connectivity index (χ3v) is 4.11. The molecule has 2 atom stereocenters. The molecule has 23 heavy (non-hydrogen) atoms. The minimum absolute atomic E-state index is 0.0654. The molecule has 2 aromatic heterocycles. The summed E-state index contributed by atoms with van der Waals surface area (Å²) in [4.78, 5) is 22.4. The number of rotatable bonds is 3. The van der Waals surface area contributed by atoms with Gasteiger partial charge in [0.05, 0.1) is 25.6 Å². The minimum atomic E-state index is -0.202. The Morgan fingerprint density at radius 1 is 1.52 bits per heavy atom. The summed E-state index contributed by atoms with van der Waals surface area (Å²) >= 11 is 0. The van der Waals surface area contributed by atoms with Crippen LogP contribution in [-0.2, 0) is 0 Å². The van der Waals surface area contributed by atoms with Crippen molar-refractivity contribution >= 4 is 11.7 Å². The Morgan fingerprint density at radius 2 is 2.39 bits per heavy atom. The zero-order chi connectivity index (χ0) is 16.2. The molecule has 0 unspecified atom stereocenters. The lowest BCUT2D eigenvalue weighted by Gasteiger charge is -2.37. The largest absolute Gasteiger partial charge is 0.479 e. The van der Waals surface area contributed by atoms with Crippen molar-refractivity contribution in [2.24, 2.45) is 5.92 Å². The molecule has 1 saturated heterocycles. The summed E-state index contributed by atoms with van der Waals surface area (Å²) < 4.78 is 10.7. The van der Waals surface area contributed by atoms with E-state index in [1.54, 1.807) is 11.2 Å². The molecule has 0 radical (unpaired) electrons. The number of nitrogens with one attached hydrogen (secondary N) is 1. The van der Waals surface area contributed by atoms with Crippen LogP contribution in [-0.4, -0.2) is 34.6 Å². The maximum absolute atomic E-state index is 12.7. The molecule has 0 spiro atoms. The highest BCUT2D eigenvalue weighted by atomic mass is 16.5. The van der Waals surface area contributed by atoms with Gasteiger partial charge in [-0.05, 0) is 30.9 Å². The van der Waals surface area contributed by atoms with Gasteiger partial charge in [0.15, 0.2) is 0 Å². The Hall–Kier alpha value is -2.57. The molecule has 0 aliphatic carbocycles. The second-order valence-electron chi connectivity index (χ2n) is 5.73. The Balaban J connectivity index is 1.79. The van der Waals surface area contributed by atoms with E-state index in [2.05, 4.69) is 22.2 Å². The van der Waals surface area contributed by atoms with Gasteiger partial charge in [-0.1, -0.05) is 6.92 Å². The molecule has 7 nitrogen and oxygen atoms in total. The molecular formula is C16H20N4O3. The SMILES string of the molecule is COc1ncncc1NC(=O)N1CC[C@@H](C)C[C@H]1c1ccco1. The molecule has 0 bridgehead atoms. The molecule has 2 aromatic rings. The summed E-state index contributed by atoms with van der Waals surface area (Å²) in [6.45, 7) is 2.87. The molecule has 1 N–H and O–H groups in total. The van der Waals surface area contributed by atoms with Crippen molar-refractivity contribution in [1.29, 1.82) is 0 Å². The quantitative estimate of drug-likeness (QED) is 0.941. The van der Waals surface area contributed by atoms with Gasteiger partial charge >= 0.3 is 6.03 Å². The van der Waals surface area contributed by atoms with E-state index in [9.17, 15) is 4.79 Å². The first-order valence-electron chi connectivity index (χ1n) is 7.64. The zero-order valence-corrected chi connectivity index (χ0v) is 13.2. The third kappa shape index (κ3) is 3.28. The van der Waals surface area contributed by atoms with Crippen LogP contribution in [0, 0.1) is 5.92 Å². The summed E-state index contributed by atoms with van der Waals surface area (Å²) in [5.41, 5.74) is 0.455. The van der Waals surface area contributed by atoms with Gasteiger partial charge in [0.2, 0.25) is 5.88 Å². The van der Waals surface area contributed by atoms with Gasteiger partial charge in [0.25, 0.3) is 0 Å². The summed E-state index contributed by atoms with van der Waals surface area (Å²) in [5.74, 6) is 1.69. The van der Waals surface area contributed by atoms with Crippen molar-refractivity contribution in [3.8, 4) is 5.88 Å². The van der Waals surface area contributed by atoms with Gasteiger partial charge < -0.3 is 19.4 Å². The van der Waals surface area contributed by atoms with E-state index in [-0.39, 0.29) is 12.1 Å². The summed E-state index contributed by atoms with van der Waals surface area (Å²) in [7, 11) is 1.51. The Bertz CT molecular complexity index is 659. The number of furan rings is 1. The van der Waals surface area contributed by atoms with Crippen molar-refractivity contribution in [3.63, 3.8) is 0 Å². The molecule has 0 saturated carbocycles. The number of carbonyl (C=O) groups is 1. The van der Waals surface area contributed by atoms with Gasteiger partial charge in [-0.25, -0.2) is 9.78 Å². The van der Waals surface area contributed by atoms with Crippen LogP contribution >= 0.6 is 0 Å². The van der Waals surface area contributed by atoms with E-state index in [0.717, 1.165) is 18.6 Å². The lowest BCUT2D eigenvalue weighted by Crippen LogP contribution is -2.42. The van der Waals surface area contributed by atoms with Crippen molar-refractivity contribution < 1.29 is 13.9 Å². The van der Waals surface area contributed by atoms with Crippen molar-refractivity contribution in [1.82, 2.24) is 14.9 Å². The normalized spacial score (nSPS) is 21.0. The second kappa shape index (κ2) is 6.68. The fourth-order valence-corrected chi connectivity index (χ4v) is 2.89. The topological polar surface area (TPSA) is 80.5 Å². The highest BCUT2D eigenvalue weighted by Gasteiger charge is 2.33. The number of methoxy groups -OCH3 is 1. The molecule has 0 aromatic carbocycles. The summed E-state index contributed by atoms with van der Waals surface area (Å²) in [6.07, 6.45) is 6.39. The van der Waals surface area contributed by atoms with E-state index < -0.39 is 0 Å². The van der Waals surface area contributed by atoms with E-state index in [0.29, 0.717) is 24.0 Å². The van der Waals surface area contributed by atoms with Crippen molar-refractivity contribution in [3.05, 3.63) is 36.7 Å². The second-order valence-corrected chi connectivity index (χ2v) is 5.73. The molecule has 3 rings (SSSR count). The van der Waals surface area contributed by atoms with Crippen LogP contribution in [0.2, 0.25) is 0 Å². The fourth-order valence-electron chi connectivity index (χ4n) is 2.89. The smallest absolute Gasteiger partial charge is 0.322 e. The first kappa shape index (κ1) is 15.3. The summed E-state index contributed by atoms with van der Waals surface area (Å²) in [5, 5.41) is 2.83. The van der Waals surface area contributed by atoms with Crippen LogP contribution in [0.1, 0.15) is 31.6 Å². The predicted octanol–water partition coefficient (Wildman–Crippen LogP) is 3.08. The van der Waals surface area contributed by atoms with E-state index in [1.165, 1.54) is 19.6 Å². The van der Waals surface area contributed by atoms with Crippen LogP contribution in [0.4, 0.5) is 10.5 Å². The van der Waals surface area contributed by atoms with Gasteiger partial charge in [-0.15, -0.1) is 0 Å². The van der Waals surface area contributed by atoms with Crippen LogP contribution in [0.3, 0.4) is 0 Å². The molecule has 1 aliphatic heterocycles. The Kier molecular flexibility index (Phi) is 4.45. The van der Waals surface area contributed by atoms with Gasteiger partial charge in [-0.2, -0.15) is 4.98 Å². The monoisotopic (exact) mass is 316 g/mol. The Morgan fingerprint density at radius 3 is 3.13 bits per heavy atom. The number of anilines is 1. The molecule has 1 aliphatic rings. The van der Waals surface area contributed by atoms with Gasteiger partial charge in [0.1, 0.15) is 17.8 Å². The number of hydrogen-bond acceptors (Lipinski definition) is 5. The van der Waals surface area contributed by atoms with Crippen LogP contribution in [0.5, 0.6) is 5.88 Å². The number of nitrogens with zero attached hydrogens (tertiary/aromatic N) is 3. The van der Waals surface area contributed by atoms with E-state index >= 15 is 0 Å². The van der Waals surface area contributed by atoms with Crippen LogP contribution in [0.15, 0.2) is 35.3 Å². The molecule has 3 heterocycles. The first-order valence-corrected chi connectivity index (χ1v) is 7.64. The first-order chi connectivity index (χ1) is 11.2. The highest BCUT2D eigenvalue weighted by Crippen LogP contribution is 2.35. The number of aromatic nitrogens is 2. The maximum Gasteiger partial charge on any atom is 0.322 e. The number of piperidine rings is 1. The average Bonchev–Trinajstić information content (AvgIpc) is 3.09. The number of urea groups is 1. The van der Waals surface area contributed by atoms with Crippen molar-refractivity contribution in [2.75, 3.05) is 19.0 Å².